The Kier molecular flexibility index (Phi) is 6.19. The Labute approximate surface area is 115 Å². The highest BCUT2D eigenvalue weighted by Crippen LogP contribution is 2.23. The highest BCUT2D eigenvalue weighted by molar-refractivity contribution is 7.99. The number of hydrogen-bond donors (Lipinski definition) is 2. The molecule has 0 aromatic heterocycles. The molecule has 0 amide bonds. The number of thioether (sulfide) groups is 1. The highest BCUT2D eigenvalue weighted by atomic mass is 32.2. The minimum Gasteiger partial charge on any atom is -0.390 e. The summed E-state index contributed by atoms with van der Waals surface area (Å²) in [7, 11) is 0. The summed E-state index contributed by atoms with van der Waals surface area (Å²) in [5, 5.41) is 13.2. The minimum absolute atomic E-state index is 0.615. The summed E-state index contributed by atoms with van der Waals surface area (Å²) >= 11 is 1.70. The van der Waals surface area contributed by atoms with Gasteiger partial charge in [-0.3, -0.25) is 0 Å². The van der Waals surface area contributed by atoms with Crippen LogP contribution in [0.2, 0.25) is 0 Å². The molecule has 0 fully saturated rings. The van der Waals surface area contributed by atoms with Gasteiger partial charge in [0.1, 0.15) is 0 Å². The zero-order chi connectivity index (χ0) is 13.6. The third-order valence-corrected chi connectivity index (χ3v) is 3.81. The Morgan fingerprint density at radius 1 is 1.33 bits per heavy atom. The molecule has 2 nitrogen and oxygen atoms in total. The molecule has 3 heteroatoms. The summed E-state index contributed by atoms with van der Waals surface area (Å²) in [6.07, 6.45) is 0. The van der Waals surface area contributed by atoms with Gasteiger partial charge in [0.05, 0.1) is 5.60 Å². The predicted molar refractivity (Wildman–Crippen MR) is 80.0 cm³/mol. The van der Waals surface area contributed by atoms with Gasteiger partial charge in [-0.05, 0) is 44.0 Å². The largest absolute Gasteiger partial charge is 0.390 e. The lowest BCUT2D eigenvalue weighted by Gasteiger charge is -2.16. The molecule has 0 aliphatic heterocycles. The van der Waals surface area contributed by atoms with Crippen LogP contribution in [0, 0.1) is 5.92 Å². The quantitative estimate of drug-likeness (QED) is 0.744. The Bertz CT molecular complexity index is 358. The van der Waals surface area contributed by atoms with Gasteiger partial charge in [-0.1, -0.05) is 26.0 Å². The van der Waals surface area contributed by atoms with E-state index < -0.39 is 5.60 Å². The molecule has 2 N–H and O–H groups in total. The predicted octanol–water partition coefficient (Wildman–Crippen LogP) is 3.30. The van der Waals surface area contributed by atoms with Crippen LogP contribution in [0.5, 0.6) is 0 Å². The van der Waals surface area contributed by atoms with E-state index in [1.165, 1.54) is 10.5 Å². The number of benzene rings is 1. The van der Waals surface area contributed by atoms with E-state index in [0.717, 1.165) is 18.8 Å². The van der Waals surface area contributed by atoms with E-state index in [1.807, 2.05) is 13.8 Å². The van der Waals surface area contributed by atoms with E-state index in [-0.39, 0.29) is 0 Å². The molecule has 0 aliphatic rings. The lowest BCUT2D eigenvalue weighted by Crippen LogP contribution is -2.21. The van der Waals surface area contributed by atoms with Gasteiger partial charge >= 0.3 is 0 Å². The van der Waals surface area contributed by atoms with Crippen molar-refractivity contribution in [1.29, 1.82) is 0 Å². The van der Waals surface area contributed by atoms with Crippen LogP contribution in [0.25, 0.3) is 0 Å². The molecule has 0 atom stereocenters. The number of hydrogen-bond acceptors (Lipinski definition) is 3. The first-order valence-corrected chi connectivity index (χ1v) is 7.50. The molecule has 1 aromatic rings. The number of aliphatic hydroxyl groups is 1. The first kappa shape index (κ1) is 15.5. The fourth-order valence-electron chi connectivity index (χ4n) is 1.51. The molecular weight excluding hydrogens is 242 g/mol. The molecule has 1 rings (SSSR count). The zero-order valence-electron chi connectivity index (χ0n) is 11.9. The van der Waals surface area contributed by atoms with Gasteiger partial charge in [-0.25, -0.2) is 0 Å². The summed E-state index contributed by atoms with van der Waals surface area (Å²) < 4.78 is 0. The second-order valence-corrected chi connectivity index (χ2v) is 6.82. The third kappa shape index (κ3) is 7.04. The van der Waals surface area contributed by atoms with E-state index >= 15 is 0 Å². The summed E-state index contributed by atoms with van der Waals surface area (Å²) in [5.41, 5.74) is 0.688. The second kappa shape index (κ2) is 7.17. The SMILES string of the molecule is CC(C)CNCc1cccc(SCC(C)(C)O)c1. The smallest absolute Gasteiger partial charge is 0.0685 e. The molecule has 0 unspecified atom stereocenters. The van der Waals surface area contributed by atoms with Crippen molar-refractivity contribution in [3.8, 4) is 0 Å². The molecular formula is C15H25NOS. The molecule has 102 valence electrons. The van der Waals surface area contributed by atoms with E-state index in [9.17, 15) is 5.11 Å². The fourth-order valence-corrected chi connectivity index (χ4v) is 2.44. The van der Waals surface area contributed by atoms with Crippen LogP contribution in [-0.4, -0.2) is 23.0 Å². The topological polar surface area (TPSA) is 32.3 Å². The fraction of sp³-hybridized carbons (Fsp3) is 0.600. The summed E-state index contributed by atoms with van der Waals surface area (Å²) in [6, 6.07) is 8.52. The van der Waals surface area contributed by atoms with Crippen LogP contribution in [-0.2, 0) is 6.54 Å². The van der Waals surface area contributed by atoms with E-state index in [4.69, 9.17) is 0 Å². The monoisotopic (exact) mass is 267 g/mol. The van der Waals surface area contributed by atoms with Crippen LogP contribution in [0.3, 0.4) is 0 Å². The summed E-state index contributed by atoms with van der Waals surface area (Å²) in [5.74, 6) is 1.40. The molecule has 18 heavy (non-hydrogen) atoms. The standard InChI is InChI=1S/C15H25NOS/c1-12(2)9-16-10-13-6-5-7-14(8-13)18-11-15(3,4)17/h5-8,12,16-17H,9-11H2,1-4H3. The van der Waals surface area contributed by atoms with Crippen molar-refractivity contribution in [3.63, 3.8) is 0 Å². The van der Waals surface area contributed by atoms with Crippen molar-refractivity contribution >= 4 is 11.8 Å². The molecule has 1 aromatic carbocycles. The lowest BCUT2D eigenvalue weighted by molar-refractivity contribution is 0.107. The summed E-state index contributed by atoms with van der Waals surface area (Å²) in [4.78, 5) is 1.22. The normalized spacial score (nSPS) is 12.1. The second-order valence-electron chi connectivity index (χ2n) is 5.77. The van der Waals surface area contributed by atoms with E-state index in [1.54, 1.807) is 11.8 Å². The maximum Gasteiger partial charge on any atom is 0.0685 e. The first-order chi connectivity index (χ1) is 8.37. The van der Waals surface area contributed by atoms with Crippen molar-refractivity contribution in [2.24, 2.45) is 5.92 Å². The van der Waals surface area contributed by atoms with Gasteiger partial charge in [0, 0.05) is 17.2 Å². The van der Waals surface area contributed by atoms with Crippen LogP contribution in [0.15, 0.2) is 29.2 Å². The number of rotatable bonds is 7. The van der Waals surface area contributed by atoms with Gasteiger partial charge in [0.2, 0.25) is 0 Å². The van der Waals surface area contributed by atoms with Gasteiger partial charge in [-0.15, -0.1) is 11.8 Å². The van der Waals surface area contributed by atoms with Gasteiger partial charge in [-0.2, -0.15) is 0 Å². The third-order valence-electron chi connectivity index (χ3n) is 2.37. The van der Waals surface area contributed by atoms with Crippen molar-refractivity contribution < 1.29 is 5.11 Å². The molecule has 0 saturated heterocycles. The average Bonchev–Trinajstić information content (AvgIpc) is 2.26. The molecule has 0 heterocycles. The molecule has 0 aliphatic carbocycles. The average molecular weight is 267 g/mol. The lowest BCUT2D eigenvalue weighted by atomic mass is 10.2. The molecule has 0 bridgehead atoms. The van der Waals surface area contributed by atoms with Crippen LogP contribution < -0.4 is 5.32 Å². The van der Waals surface area contributed by atoms with Crippen molar-refractivity contribution in [2.45, 2.75) is 44.7 Å². The highest BCUT2D eigenvalue weighted by Gasteiger charge is 2.12. The van der Waals surface area contributed by atoms with Gasteiger partial charge in [0.15, 0.2) is 0 Å². The Morgan fingerprint density at radius 2 is 2.06 bits per heavy atom. The Morgan fingerprint density at radius 3 is 2.67 bits per heavy atom. The van der Waals surface area contributed by atoms with Crippen molar-refractivity contribution in [1.82, 2.24) is 5.32 Å². The first-order valence-electron chi connectivity index (χ1n) is 6.51. The van der Waals surface area contributed by atoms with Crippen LogP contribution in [0.1, 0.15) is 33.3 Å². The van der Waals surface area contributed by atoms with E-state index in [0.29, 0.717) is 5.92 Å². The van der Waals surface area contributed by atoms with Crippen molar-refractivity contribution in [3.05, 3.63) is 29.8 Å². The van der Waals surface area contributed by atoms with Gasteiger partial charge in [0.25, 0.3) is 0 Å². The zero-order valence-corrected chi connectivity index (χ0v) is 12.7. The van der Waals surface area contributed by atoms with Crippen molar-refractivity contribution in [2.75, 3.05) is 12.3 Å². The molecule has 0 spiro atoms. The van der Waals surface area contributed by atoms with Gasteiger partial charge < -0.3 is 10.4 Å². The molecule has 0 saturated carbocycles. The Balaban J connectivity index is 2.46. The Hall–Kier alpha value is -0.510. The summed E-state index contributed by atoms with van der Waals surface area (Å²) in [6.45, 7) is 10.1. The van der Waals surface area contributed by atoms with Crippen LogP contribution >= 0.6 is 11.8 Å². The van der Waals surface area contributed by atoms with E-state index in [2.05, 4.69) is 43.4 Å². The molecule has 0 radical (unpaired) electrons. The maximum atomic E-state index is 9.72. The number of nitrogens with one attached hydrogen (secondary N) is 1. The van der Waals surface area contributed by atoms with Crippen LogP contribution in [0.4, 0.5) is 0 Å². The maximum absolute atomic E-state index is 9.72. The minimum atomic E-state index is -0.615.